The van der Waals surface area contributed by atoms with Crippen LogP contribution in [-0.2, 0) is 17.6 Å². The quantitative estimate of drug-likeness (QED) is 0.904. The molecule has 0 spiro atoms. The fourth-order valence-corrected chi connectivity index (χ4v) is 2.51. The van der Waals surface area contributed by atoms with Crippen LogP contribution in [0.1, 0.15) is 16.7 Å². The molecule has 4 nitrogen and oxygen atoms in total. The summed E-state index contributed by atoms with van der Waals surface area (Å²) in [5.41, 5.74) is 2.98. The van der Waals surface area contributed by atoms with Gasteiger partial charge >= 0.3 is 0 Å². The van der Waals surface area contributed by atoms with Crippen molar-refractivity contribution in [3.8, 4) is 6.07 Å². The summed E-state index contributed by atoms with van der Waals surface area (Å²) < 4.78 is 0. The maximum atomic E-state index is 12.2. The van der Waals surface area contributed by atoms with Gasteiger partial charge in [0.05, 0.1) is 5.56 Å². The standard InChI is InChI=1S/C16H13N3O/c17-9-11-5-6-15(18-10-11)19-16(20)14-7-12-3-1-2-4-13(12)8-14/h1-6,10,14H,7-8H2,(H,18,19,20). The monoisotopic (exact) mass is 263 g/mol. The first kappa shape index (κ1) is 12.4. The van der Waals surface area contributed by atoms with Crippen LogP contribution in [0.25, 0.3) is 0 Å². The second-order valence-electron chi connectivity index (χ2n) is 4.91. The fourth-order valence-electron chi connectivity index (χ4n) is 2.51. The van der Waals surface area contributed by atoms with Crippen LogP contribution < -0.4 is 5.32 Å². The Hall–Kier alpha value is -2.67. The van der Waals surface area contributed by atoms with Gasteiger partial charge < -0.3 is 5.32 Å². The van der Waals surface area contributed by atoms with E-state index in [1.54, 1.807) is 12.1 Å². The molecule has 0 saturated carbocycles. The molecular formula is C16H13N3O. The Morgan fingerprint density at radius 3 is 2.45 bits per heavy atom. The Morgan fingerprint density at radius 1 is 1.20 bits per heavy atom. The largest absolute Gasteiger partial charge is 0.310 e. The lowest BCUT2D eigenvalue weighted by Gasteiger charge is -2.09. The van der Waals surface area contributed by atoms with Crippen LogP contribution in [0.4, 0.5) is 5.82 Å². The van der Waals surface area contributed by atoms with Crippen LogP contribution in [0.2, 0.25) is 0 Å². The summed E-state index contributed by atoms with van der Waals surface area (Å²) in [6.07, 6.45) is 3.01. The first-order chi connectivity index (χ1) is 9.76. The number of hydrogen-bond acceptors (Lipinski definition) is 3. The van der Waals surface area contributed by atoms with Gasteiger partial charge in [0, 0.05) is 12.1 Å². The van der Waals surface area contributed by atoms with E-state index in [4.69, 9.17) is 5.26 Å². The summed E-state index contributed by atoms with van der Waals surface area (Å²) in [7, 11) is 0. The molecule has 0 fully saturated rings. The number of nitriles is 1. The van der Waals surface area contributed by atoms with Gasteiger partial charge in [0.2, 0.25) is 5.91 Å². The van der Waals surface area contributed by atoms with Gasteiger partial charge in [-0.15, -0.1) is 0 Å². The van der Waals surface area contributed by atoms with Crippen LogP contribution in [0.5, 0.6) is 0 Å². The van der Waals surface area contributed by atoms with Gasteiger partial charge in [-0.1, -0.05) is 24.3 Å². The first-order valence-corrected chi connectivity index (χ1v) is 6.50. The van der Waals surface area contributed by atoms with Crippen LogP contribution >= 0.6 is 0 Å². The zero-order valence-electron chi connectivity index (χ0n) is 10.8. The number of hydrogen-bond donors (Lipinski definition) is 1. The first-order valence-electron chi connectivity index (χ1n) is 6.50. The second kappa shape index (κ2) is 5.14. The molecule has 1 aliphatic carbocycles. The van der Waals surface area contributed by atoms with E-state index >= 15 is 0 Å². The lowest BCUT2D eigenvalue weighted by atomic mass is 10.1. The Morgan fingerprint density at radius 2 is 1.90 bits per heavy atom. The summed E-state index contributed by atoms with van der Waals surface area (Å²) in [5, 5.41) is 11.5. The number of pyridine rings is 1. The predicted molar refractivity (Wildman–Crippen MR) is 74.9 cm³/mol. The predicted octanol–water partition coefficient (Wildman–Crippen LogP) is 2.31. The van der Waals surface area contributed by atoms with E-state index in [0.29, 0.717) is 11.4 Å². The third-order valence-electron chi connectivity index (χ3n) is 3.57. The summed E-state index contributed by atoms with van der Waals surface area (Å²) >= 11 is 0. The molecule has 0 unspecified atom stereocenters. The van der Waals surface area contributed by atoms with Gasteiger partial charge in [0.25, 0.3) is 0 Å². The maximum Gasteiger partial charge on any atom is 0.229 e. The number of benzene rings is 1. The van der Waals surface area contributed by atoms with Gasteiger partial charge in [-0.05, 0) is 36.1 Å². The third kappa shape index (κ3) is 2.39. The molecule has 98 valence electrons. The molecule has 1 aliphatic rings. The number of carbonyl (C=O) groups is 1. The molecule has 1 aromatic heterocycles. The molecule has 0 aliphatic heterocycles. The Kier molecular flexibility index (Phi) is 3.18. The van der Waals surface area contributed by atoms with Crippen LogP contribution in [0.3, 0.4) is 0 Å². The molecule has 0 radical (unpaired) electrons. The van der Waals surface area contributed by atoms with Crippen molar-refractivity contribution < 1.29 is 4.79 Å². The highest BCUT2D eigenvalue weighted by Crippen LogP contribution is 2.27. The highest BCUT2D eigenvalue weighted by Gasteiger charge is 2.27. The summed E-state index contributed by atoms with van der Waals surface area (Å²) in [5.74, 6) is 0.438. The van der Waals surface area contributed by atoms with E-state index in [2.05, 4.69) is 22.4 Å². The minimum atomic E-state index is -0.0372. The molecule has 0 atom stereocenters. The van der Waals surface area contributed by atoms with E-state index in [0.717, 1.165) is 12.8 Å². The van der Waals surface area contributed by atoms with Crippen molar-refractivity contribution in [1.29, 1.82) is 5.26 Å². The SMILES string of the molecule is N#Cc1ccc(NC(=O)C2Cc3ccccc3C2)nc1. The number of carbonyl (C=O) groups excluding carboxylic acids is 1. The normalized spacial score (nSPS) is 13.6. The lowest BCUT2D eigenvalue weighted by Crippen LogP contribution is -2.23. The van der Waals surface area contributed by atoms with E-state index in [9.17, 15) is 4.79 Å². The second-order valence-corrected chi connectivity index (χ2v) is 4.91. The number of amides is 1. The van der Waals surface area contributed by atoms with Gasteiger partial charge in [-0.25, -0.2) is 4.98 Å². The van der Waals surface area contributed by atoms with Crippen LogP contribution in [0, 0.1) is 17.2 Å². The number of fused-ring (bicyclic) bond motifs is 1. The average molecular weight is 263 g/mol. The zero-order chi connectivity index (χ0) is 13.9. The van der Waals surface area contributed by atoms with Crippen molar-refractivity contribution in [2.24, 2.45) is 5.92 Å². The Labute approximate surface area is 117 Å². The van der Waals surface area contributed by atoms with E-state index in [1.807, 2.05) is 18.2 Å². The maximum absolute atomic E-state index is 12.2. The number of anilines is 1. The molecule has 1 aromatic carbocycles. The van der Waals surface area contributed by atoms with E-state index < -0.39 is 0 Å². The third-order valence-corrected chi connectivity index (χ3v) is 3.57. The molecule has 2 aromatic rings. The molecule has 4 heteroatoms. The Balaban J connectivity index is 1.68. The summed E-state index contributed by atoms with van der Waals surface area (Å²) in [6.45, 7) is 0. The van der Waals surface area contributed by atoms with Crippen molar-refractivity contribution in [1.82, 2.24) is 4.98 Å². The number of nitrogens with one attached hydrogen (secondary N) is 1. The molecule has 20 heavy (non-hydrogen) atoms. The Bertz CT molecular complexity index is 661. The van der Waals surface area contributed by atoms with Crippen LogP contribution in [-0.4, -0.2) is 10.9 Å². The van der Waals surface area contributed by atoms with E-state index in [1.165, 1.54) is 17.3 Å². The van der Waals surface area contributed by atoms with Crippen molar-refractivity contribution in [2.75, 3.05) is 5.32 Å². The van der Waals surface area contributed by atoms with Gasteiger partial charge in [0.1, 0.15) is 11.9 Å². The average Bonchev–Trinajstić information content (AvgIpc) is 2.92. The van der Waals surface area contributed by atoms with Crippen molar-refractivity contribution >= 4 is 11.7 Å². The fraction of sp³-hybridized carbons (Fsp3) is 0.188. The molecule has 1 N–H and O–H groups in total. The minimum absolute atomic E-state index is 0.0154. The molecule has 0 bridgehead atoms. The molecule has 0 saturated heterocycles. The molecule has 1 amide bonds. The number of nitrogens with zero attached hydrogens (tertiary/aromatic N) is 2. The number of aromatic nitrogens is 1. The molecular weight excluding hydrogens is 250 g/mol. The van der Waals surface area contributed by atoms with Gasteiger partial charge in [-0.3, -0.25) is 4.79 Å². The summed E-state index contributed by atoms with van der Waals surface area (Å²) in [6, 6.07) is 13.4. The topological polar surface area (TPSA) is 65.8 Å². The zero-order valence-corrected chi connectivity index (χ0v) is 10.8. The van der Waals surface area contributed by atoms with Gasteiger partial charge in [-0.2, -0.15) is 5.26 Å². The van der Waals surface area contributed by atoms with Crippen molar-refractivity contribution in [3.05, 3.63) is 59.3 Å². The van der Waals surface area contributed by atoms with Gasteiger partial charge in [0.15, 0.2) is 0 Å². The smallest absolute Gasteiger partial charge is 0.229 e. The lowest BCUT2D eigenvalue weighted by molar-refractivity contribution is -0.119. The number of rotatable bonds is 2. The van der Waals surface area contributed by atoms with Crippen molar-refractivity contribution in [3.63, 3.8) is 0 Å². The highest BCUT2D eigenvalue weighted by atomic mass is 16.1. The van der Waals surface area contributed by atoms with Crippen molar-refractivity contribution in [2.45, 2.75) is 12.8 Å². The van der Waals surface area contributed by atoms with E-state index in [-0.39, 0.29) is 11.8 Å². The summed E-state index contributed by atoms with van der Waals surface area (Å²) in [4.78, 5) is 16.3. The minimum Gasteiger partial charge on any atom is -0.310 e. The molecule has 3 rings (SSSR count). The molecule has 1 heterocycles. The van der Waals surface area contributed by atoms with Crippen LogP contribution in [0.15, 0.2) is 42.6 Å². The highest BCUT2D eigenvalue weighted by molar-refractivity contribution is 5.92.